The SMILES string of the molecule is CCC[CH]OCOCC. The average molecular weight is 131 g/mol. The lowest BCUT2D eigenvalue weighted by atomic mass is 10.4. The van der Waals surface area contributed by atoms with E-state index >= 15 is 0 Å². The van der Waals surface area contributed by atoms with E-state index in [0.29, 0.717) is 6.79 Å². The van der Waals surface area contributed by atoms with Gasteiger partial charge in [-0.2, -0.15) is 0 Å². The van der Waals surface area contributed by atoms with Crippen molar-refractivity contribution >= 4 is 0 Å². The van der Waals surface area contributed by atoms with E-state index in [9.17, 15) is 0 Å². The summed E-state index contributed by atoms with van der Waals surface area (Å²) in [7, 11) is 0. The third kappa shape index (κ3) is 7.92. The van der Waals surface area contributed by atoms with Crippen LogP contribution in [0.1, 0.15) is 26.7 Å². The first-order valence-corrected chi connectivity index (χ1v) is 3.42. The maximum absolute atomic E-state index is 4.97. The lowest BCUT2D eigenvalue weighted by Gasteiger charge is -2.00. The van der Waals surface area contributed by atoms with Crippen molar-refractivity contribution in [1.29, 1.82) is 0 Å². The zero-order valence-electron chi connectivity index (χ0n) is 6.22. The number of ether oxygens (including phenoxy) is 2. The number of unbranched alkanes of at least 4 members (excludes halogenated alkanes) is 1. The minimum Gasteiger partial charge on any atom is -0.356 e. The Kier molecular flexibility index (Phi) is 7.85. The van der Waals surface area contributed by atoms with Crippen molar-refractivity contribution in [2.45, 2.75) is 26.7 Å². The van der Waals surface area contributed by atoms with Crippen LogP contribution in [-0.2, 0) is 9.47 Å². The minimum absolute atomic E-state index is 0.399. The maximum atomic E-state index is 4.97. The Morgan fingerprint density at radius 1 is 1.33 bits per heavy atom. The van der Waals surface area contributed by atoms with Gasteiger partial charge in [0.25, 0.3) is 0 Å². The summed E-state index contributed by atoms with van der Waals surface area (Å²) in [6, 6.07) is 0. The molecule has 2 heteroatoms. The van der Waals surface area contributed by atoms with Crippen molar-refractivity contribution in [1.82, 2.24) is 0 Å². The number of hydrogen-bond donors (Lipinski definition) is 0. The van der Waals surface area contributed by atoms with Crippen molar-refractivity contribution in [2.75, 3.05) is 13.4 Å². The molecule has 0 aromatic heterocycles. The Bertz CT molecular complexity index is 40.2. The van der Waals surface area contributed by atoms with Crippen molar-refractivity contribution in [2.24, 2.45) is 0 Å². The largest absolute Gasteiger partial charge is 0.356 e. The number of rotatable bonds is 6. The smallest absolute Gasteiger partial charge is 0.147 e. The monoisotopic (exact) mass is 131 g/mol. The molecule has 9 heavy (non-hydrogen) atoms. The normalized spacial score (nSPS) is 10.0. The van der Waals surface area contributed by atoms with Gasteiger partial charge in [-0.1, -0.05) is 13.3 Å². The summed E-state index contributed by atoms with van der Waals surface area (Å²) in [6.45, 7) is 6.97. The molecule has 2 nitrogen and oxygen atoms in total. The first-order valence-electron chi connectivity index (χ1n) is 3.42. The highest BCUT2D eigenvalue weighted by molar-refractivity contribution is 4.44. The second-order valence-electron chi connectivity index (χ2n) is 1.73. The molecule has 0 saturated carbocycles. The van der Waals surface area contributed by atoms with Gasteiger partial charge in [-0.05, 0) is 13.3 Å². The van der Waals surface area contributed by atoms with Gasteiger partial charge in [0.2, 0.25) is 0 Å². The molecule has 0 spiro atoms. The third-order valence-corrected chi connectivity index (χ3v) is 0.880. The summed E-state index contributed by atoms with van der Waals surface area (Å²) in [4.78, 5) is 0. The van der Waals surface area contributed by atoms with Gasteiger partial charge in [0.15, 0.2) is 0 Å². The van der Waals surface area contributed by atoms with Crippen molar-refractivity contribution in [3.05, 3.63) is 6.61 Å². The first kappa shape index (κ1) is 8.92. The van der Waals surface area contributed by atoms with Crippen LogP contribution in [0.3, 0.4) is 0 Å². The van der Waals surface area contributed by atoms with Gasteiger partial charge in [-0.25, -0.2) is 0 Å². The van der Waals surface area contributed by atoms with Crippen LogP contribution in [0.4, 0.5) is 0 Å². The fourth-order valence-electron chi connectivity index (χ4n) is 0.381. The molecule has 0 unspecified atom stereocenters. The van der Waals surface area contributed by atoms with Crippen LogP contribution in [0.2, 0.25) is 0 Å². The van der Waals surface area contributed by atoms with Gasteiger partial charge in [-0.3, -0.25) is 0 Å². The van der Waals surface area contributed by atoms with E-state index < -0.39 is 0 Å². The molecule has 0 bridgehead atoms. The molecule has 0 aliphatic heterocycles. The summed E-state index contributed by atoms with van der Waals surface area (Å²) in [5.74, 6) is 0. The average Bonchev–Trinajstić information content (AvgIpc) is 1.89. The molecule has 0 rings (SSSR count). The Hall–Kier alpha value is -0.0800. The van der Waals surface area contributed by atoms with Crippen LogP contribution in [0.25, 0.3) is 0 Å². The third-order valence-electron chi connectivity index (χ3n) is 0.880. The zero-order valence-corrected chi connectivity index (χ0v) is 6.22. The molecule has 0 heterocycles. The fraction of sp³-hybridized carbons (Fsp3) is 0.857. The summed E-state index contributed by atoms with van der Waals surface area (Å²) in [5, 5.41) is 0. The molecule has 1 radical (unpaired) electrons. The standard InChI is InChI=1S/C7H15O2/c1-3-5-6-9-7-8-4-2/h6H,3-5,7H2,1-2H3. The Labute approximate surface area is 57.2 Å². The van der Waals surface area contributed by atoms with Gasteiger partial charge in [0, 0.05) is 6.61 Å². The molecule has 0 atom stereocenters. The highest BCUT2D eigenvalue weighted by Gasteiger charge is 1.84. The van der Waals surface area contributed by atoms with E-state index in [1.807, 2.05) is 6.92 Å². The molecule has 55 valence electrons. The Morgan fingerprint density at radius 3 is 2.67 bits per heavy atom. The van der Waals surface area contributed by atoms with E-state index in [0.717, 1.165) is 19.4 Å². The van der Waals surface area contributed by atoms with Crippen LogP contribution < -0.4 is 0 Å². The van der Waals surface area contributed by atoms with Gasteiger partial charge >= 0.3 is 0 Å². The molecule has 0 N–H and O–H groups in total. The van der Waals surface area contributed by atoms with Crippen LogP contribution >= 0.6 is 0 Å². The second-order valence-corrected chi connectivity index (χ2v) is 1.73. The Balaban J connectivity index is 2.60. The van der Waals surface area contributed by atoms with Gasteiger partial charge in [0.1, 0.15) is 6.79 Å². The lowest BCUT2D eigenvalue weighted by Crippen LogP contribution is -1.96. The quantitative estimate of drug-likeness (QED) is 0.405. The Morgan fingerprint density at radius 2 is 2.11 bits per heavy atom. The first-order chi connectivity index (χ1) is 4.41. The summed E-state index contributed by atoms with van der Waals surface area (Å²) < 4.78 is 9.89. The predicted molar refractivity (Wildman–Crippen MR) is 36.8 cm³/mol. The van der Waals surface area contributed by atoms with Gasteiger partial charge in [-0.15, -0.1) is 0 Å². The lowest BCUT2D eigenvalue weighted by molar-refractivity contribution is -0.0247. The van der Waals surface area contributed by atoms with Crippen molar-refractivity contribution in [3.63, 3.8) is 0 Å². The zero-order chi connectivity index (χ0) is 6.95. The van der Waals surface area contributed by atoms with E-state index in [-0.39, 0.29) is 0 Å². The van der Waals surface area contributed by atoms with Gasteiger partial charge in [0.05, 0.1) is 6.61 Å². The van der Waals surface area contributed by atoms with Crippen molar-refractivity contribution in [3.8, 4) is 0 Å². The van der Waals surface area contributed by atoms with E-state index in [1.165, 1.54) is 0 Å². The number of hydrogen-bond acceptors (Lipinski definition) is 2. The molecule has 0 aromatic carbocycles. The molecular weight excluding hydrogens is 116 g/mol. The summed E-state index contributed by atoms with van der Waals surface area (Å²) >= 11 is 0. The molecule has 0 fully saturated rings. The summed E-state index contributed by atoms with van der Waals surface area (Å²) in [5.41, 5.74) is 0. The molecule has 0 amide bonds. The van der Waals surface area contributed by atoms with E-state index in [4.69, 9.17) is 9.47 Å². The van der Waals surface area contributed by atoms with Gasteiger partial charge < -0.3 is 9.47 Å². The molecule has 0 aliphatic rings. The topological polar surface area (TPSA) is 18.5 Å². The highest BCUT2D eigenvalue weighted by atomic mass is 16.7. The fourth-order valence-corrected chi connectivity index (χ4v) is 0.381. The second kappa shape index (κ2) is 7.92. The van der Waals surface area contributed by atoms with Crippen LogP contribution in [0.15, 0.2) is 0 Å². The van der Waals surface area contributed by atoms with Crippen LogP contribution in [-0.4, -0.2) is 13.4 Å². The molecule has 0 aliphatic carbocycles. The molecular formula is C7H15O2. The van der Waals surface area contributed by atoms with Crippen molar-refractivity contribution < 1.29 is 9.47 Å². The highest BCUT2D eigenvalue weighted by Crippen LogP contribution is 1.93. The van der Waals surface area contributed by atoms with Crippen LogP contribution in [0.5, 0.6) is 0 Å². The molecule has 0 saturated heterocycles. The van der Waals surface area contributed by atoms with E-state index in [2.05, 4.69) is 6.92 Å². The predicted octanol–water partition coefficient (Wildman–Crippen LogP) is 1.96. The summed E-state index contributed by atoms with van der Waals surface area (Å²) in [6.07, 6.45) is 2.14. The van der Waals surface area contributed by atoms with Crippen LogP contribution in [0, 0.1) is 6.61 Å². The minimum atomic E-state index is 0.399. The molecule has 0 aromatic rings. The van der Waals surface area contributed by atoms with E-state index in [1.54, 1.807) is 6.61 Å². The maximum Gasteiger partial charge on any atom is 0.147 e.